The second-order valence-electron chi connectivity index (χ2n) is 3.58. The van der Waals surface area contributed by atoms with Crippen LogP contribution in [0.1, 0.15) is 33.1 Å². The topological polar surface area (TPSA) is 75.3 Å². The molecule has 0 aromatic rings. The summed E-state index contributed by atoms with van der Waals surface area (Å²) in [6.07, 6.45) is 4.37. The number of aliphatic hydroxyl groups is 1. The second-order valence-corrected chi connectivity index (χ2v) is 3.58. The van der Waals surface area contributed by atoms with E-state index in [1.165, 1.54) is 5.57 Å². The highest BCUT2D eigenvalue weighted by molar-refractivity contribution is 5.71. The SMILES string of the molecule is CC(C)=CCC[C@H](CCO)NC(N)=O. The van der Waals surface area contributed by atoms with Gasteiger partial charge in [0.05, 0.1) is 0 Å². The van der Waals surface area contributed by atoms with Gasteiger partial charge >= 0.3 is 6.03 Å². The number of primary amides is 1. The first kappa shape index (κ1) is 13.0. The van der Waals surface area contributed by atoms with Crippen molar-refractivity contribution >= 4 is 6.03 Å². The number of amides is 2. The third-order valence-corrected chi connectivity index (χ3v) is 1.89. The lowest BCUT2D eigenvalue weighted by atomic mass is 10.1. The number of nitrogens with one attached hydrogen (secondary N) is 1. The molecule has 0 bridgehead atoms. The van der Waals surface area contributed by atoms with Crippen LogP contribution >= 0.6 is 0 Å². The molecule has 0 aliphatic heterocycles. The minimum atomic E-state index is -0.527. The molecule has 2 amide bonds. The Labute approximate surface area is 85.2 Å². The van der Waals surface area contributed by atoms with Gasteiger partial charge in [-0.2, -0.15) is 0 Å². The zero-order valence-corrected chi connectivity index (χ0v) is 8.92. The molecule has 0 saturated carbocycles. The van der Waals surface area contributed by atoms with Crippen LogP contribution in [0.15, 0.2) is 11.6 Å². The highest BCUT2D eigenvalue weighted by Gasteiger charge is 2.08. The Bertz CT molecular complexity index is 198. The zero-order chi connectivity index (χ0) is 11.0. The van der Waals surface area contributed by atoms with E-state index in [1.807, 2.05) is 13.8 Å². The number of carbonyl (C=O) groups is 1. The smallest absolute Gasteiger partial charge is 0.312 e. The third kappa shape index (κ3) is 7.61. The van der Waals surface area contributed by atoms with Crippen molar-refractivity contribution in [3.05, 3.63) is 11.6 Å². The summed E-state index contributed by atoms with van der Waals surface area (Å²) in [6.45, 7) is 4.13. The molecule has 0 fully saturated rings. The van der Waals surface area contributed by atoms with Crippen LogP contribution in [0.25, 0.3) is 0 Å². The van der Waals surface area contributed by atoms with Crippen LogP contribution in [0, 0.1) is 0 Å². The van der Waals surface area contributed by atoms with Crippen molar-refractivity contribution in [2.75, 3.05) is 6.61 Å². The summed E-state index contributed by atoms with van der Waals surface area (Å²) in [6, 6.07) is -0.547. The van der Waals surface area contributed by atoms with Crippen LogP contribution in [-0.2, 0) is 0 Å². The second kappa shape index (κ2) is 7.38. The van der Waals surface area contributed by atoms with Crippen molar-refractivity contribution in [3.63, 3.8) is 0 Å². The number of nitrogens with two attached hydrogens (primary N) is 1. The standard InChI is InChI=1S/C10H20N2O2/c1-8(2)4-3-5-9(6-7-13)12-10(11)14/h4,9,13H,3,5-7H2,1-2H3,(H3,11,12,14)/t9-/m1/s1. The maximum atomic E-state index is 10.6. The average molecular weight is 200 g/mol. The number of carbonyl (C=O) groups excluding carboxylic acids is 1. The Morgan fingerprint density at radius 2 is 2.14 bits per heavy atom. The summed E-state index contributed by atoms with van der Waals surface area (Å²) in [5.74, 6) is 0. The van der Waals surface area contributed by atoms with E-state index in [1.54, 1.807) is 0 Å². The summed E-state index contributed by atoms with van der Waals surface area (Å²) in [5, 5.41) is 11.4. The normalized spacial score (nSPS) is 11.9. The van der Waals surface area contributed by atoms with E-state index in [2.05, 4.69) is 11.4 Å². The van der Waals surface area contributed by atoms with Crippen LogP contribution < -0.4 is 11.1 Å². The van der Waals surface area contributed by atoms with E-state index in [0.29, 0.717) is 6.42 Å². The van der Waals surface area contributed by atoms with E-state index in [4.69, 9.17) is 10.8 Å². The van der Waals surface area contributed by atoms with Gasteiger partial charge in [-0.15, -0.1) is 0 Å². The van der Waals surface area contributed by atoms with Crippen LogP contribution in [-0.4, -0.2) is 23.8 Å². The molecule has 0 rings (SSSR count). The maximum Gasteiger partial charge on any atom is 0.312 e. The molecule has 1 atom stereocenters. The molecule has 0 spiro atoms. The Hall–Kier alpha value is -1.03. The molecule has 82 valence electrons. The Morgan fingerprint density at radius 1 is 1.50 bits per heavy atom. The Kier molecular flexibility index (Phi) is 6.84. The third-order valence-electron chi connectivity index (χ3n) is 1.89. The zero-order valence-electron chi connectivity index (χ0n) is 8.92. The first-order valence-corrected chi connectivity index (χ1v) is 4.86. The predicted molar refractivity (Wildman–Crippen MR) is 56.9 cm³/mol. The molecular weight excluding hydrogens is 180 g/mol. The van der Waals surface area contributed by atoms with Gasteiger partial charge in [0.25, 0.3) is 0 Å². The minimum Gasteiger partial charge on any atom is -0.396 e. The molecule has 0 aromatic carbocycles. The fourth-order valence-electron chi connectivity index (χ4n) is 1.22. The van der Waals surface area contributed by atoms with Gasteiger partial charge in [0.2, 0.25) is 0 Å². The van der Waals surface area contributed by atoms with E-state index >= 15 is 0 Å². The number of rotatable bonds is 6. The first-order valence-electron chi connectivity index (χ1n) is 4.86. The van der Waals surface area contributed by atoms with Gasteiger partial charge < -0.3 is 16.2 Å². The molecule has 0 heterocycles. The summed E-state index contributed by atoms with van der Waals surface area (Å²) in [4.78, 5) is 10.6. The maximum absolute atomic E-state index is 10.6. The van der Waals surface area contributed by atoms with Crippen molar-refractivity contribution in [3.8, 4) is 0 Å². The summed E-state index contributed by atoms with van der Waals surface area (Å²) in [5.41, 5.74) is 6.26. The van der Waals surface area contributed by atoms with E-state index in [0.717, 1.165) is 12.8 Å². The Balaban J connectivity index is 3.84. The quantitative estimate of drug-likeness (QED) is 0.563. The molecular formula is C10H20N2O2. The van der Waals surface area contributed by atoms with Gasteiger partial charge in [0.15, 0.2) is 0 Å². The highest BCUT2D eigenvalue weighted by atomic mass is 16.3. The molecule has 0 aliphatic carbocycles. The largest absolute Gasteiger partial charge is 0.396 e. The van der Waals surface area contributed by atoms with E-state index < -0.39 is 6.03 Å². The number of hydrogen-bond donors (Lipinski definition) is 3. The molecule has 0 radical (unpaired) electrons. The molecule has 14 heavy (non-hydrogen) atoms. The van der Waals surface area contributed by atoms with Crippen LogP contribution in [0.4, 0.5) is 4.79 Å². The van der Waals surface area contributed by atoms with Gasteiger partial charge in [0, 0.05) is 12.6 Å². The summed E-state index contributed by atoms with van der Waals surface area (Å²) < 4.78 is 0. The molecule has 4 N–H and O–H groups in total. The van der Waals surface area contributed by atoms with Crippen LogP contribution in [0.5, 0.6) is 0 Å². The average Bonchev–Trinajstić information content (AvgIpc) is 2.02. The van der Waals surface area contributed by atoms with Crippen LogP contribution in [0.3, 0.4) is 0 Å². The Morgan fingerprint density at radius 3 is 2.57 bits per heavy atom. The van der Waals surface area contributed by atoms with Gasteiger partial charge in [-0.05, 0) is 33.1 Å². The fraction of sp³-hybridized carbons (Fsp3) is 0.700. The summed E-state index contributed by atoms with van der Waals surface area (Å²) >= 11 is 0. The highest BCUT2D eigenvalue weighted by Crippen LogP contribution is 2.04. The van der Waals surface area contributed by atoms with E-state index in [-0.39, 0.29) is 12.6 Å². The lowest BCUT2D eigenvalue weighted by Crippen LogP contribution is -2.39. The van der Waals surface area contributed by atoms with E-state index in [9.17, 15) is 4.79 Å². The number of urea groups is 1. The first-order chi connectivity index (χ1) is 6.56. The molecule has 0 saturated heterocycles. The number of aliphatic hydroxyl groups excluding tert-OH is 1. The van der Waals surface area contributed by atoms with Gasteiger partial charge in [-0.25, -0.2) is 4.79 Å². The van der Waals surface area contributed by atoms with Crippen molar-refractivity contribution in [1.82, 2.24) is 5.32 Å². The lowest BCUT2D eigenvalue weighted by molar-refractivity contribution is 0.234. The molecule has 0 unspecified atom stereocenters. The van der Waals surface area contributed by atoms with Crippen molar-refractivity contribution in [1.29, 1.82) is 0 Å². The molecule has 0 aliphatic rings. The monoisotopic (exact) mass is 200 g/mol. The van der Waals surface area contributed by atoms with Crippen molar-refractivity contribution in [2.45, 2.75) is 39.2 Å². The molecule has 4 nitrogen and oxygen atoms in total. The fourth-order valence-corrected chi connectivity index (χ4v) is 1.22. The van der Waals surface area contributed by atoms with Crippen molar-refractivity contribution in [2.24, 2.45) is 5.73 Å². The molecule has 0 aromatic heterocycles. The lowest BCUT2D eigenvalue weighted by Gasteiger charge is -2.15. The summed E-state index contributed by atoms with van der Waals surface area (Å²) in [7, 11) is 0. The van der Waals surface area contributed by atoms with Crippen molar-refractivity contribution < 1.29 is 9.90 Å². The molecule has 4 heteroatoms. The van der Waals surface area contributed by atoms with Gasteiger partial charge in [-0.3, -0.25) is 0 Å². The predicted octanol–water partition coefficient (Wildman–Crippen LogP) is 1.15. The minimum absolute atomic E-state index is 0.0203. The van der Waals surface area contributed by atoms with Gasteiger partial charge in [-0.1, -0.05) is 11.6 Å². The number of hydrogen-bond acceptors (Lipinski definition) is 2. The van der Waals surface area contributed by atoms with Crippen LogP contribution in [0.2, 0.25) is 0 Å². The number of allylic oxidation sites excluding steroid dienone is 2. The van der Waals surface area contributed by atoms with Gasteiger partial charge in [0.1, 0.15) is 0 Å².